The van der Waals surface area contributed by atoms with Crippen LogP contribution in [0.4, 0.5) is 4.39 Å². The topological polar surface area (TPSA) is 66.4 Å². The Kier molecular flexibility index (Phi) is 3.60. The predicted octanol–water partition coefficient (Wildman–Crippen LogP) is 1.21. The lowest BCUT2D eigenvalue weighted by atomic mass is 10.1. The van der Waals surface area contributed by atoms with E-state index >= 15 is 0 Å². The van der Waals surface area contributed by atoms with Crippen LogP contribution in [0.25, 0.3) is 0 Å². The van der Waals surface area contributed by atoms with Gasteiger partial charge in [-0.15, -0.1) is 0 Å². The van der Waals surface area contributed by atoms with E-state index in [9.17, 15) is 14.0 Å². The van der Waals surface area contributed by atoms with Crippen LogP contribution in [0.15, 0.2) is 24.3 Å². The van der Waals surface area contributed by atoms with E-state index in [1.165, 1.54) is 12.1 Å². The lowest BCUT2D eigenvalue weighted by Crippen LogP contribution is -2.28. The van der Waals surface area contributed by atoms with Crippen LogP contribution < -0.4 is 5.32 Å². The summed E-state index contributed by atoms with van der Waals surface area (Å²) < 4.78 is 12.9. The number of benzene rings is 1. The predicted molar refractivity (Wildman–Crippen MR) is 62.3 cm³/mol. The Balaban J connectivity index is 1.73. The van der Waals surface area contributed by atoms with E-state index in [0.717, 1.165) is 5.56 Å². The SMILES string of the molecule is O=C(O)[C@H]1C[C@H]1C(=O)NCCc1cccc(F)c1. The van der Waals surface area contributed by atoms with E-state index in [2.05, 4.69) is 5.32 Å². The van der Waals surface area contributed by atoms with Gasteiger partial charge >= 0.3 is 5.97 Å². The zero-order chi connectivity index (χ0) is 13.1. The molecule has 0 saturated heterocycles. The zero-order valence-corrected chi connectivity index (χ0v) is 9.73. The van der Waals surface area contributed by atoms with Crippen LogP contribution >= 0.6 is 0 Å². The van der Waals surface area contributed by atoms with Gasteiger partial charge in [0.15, 0.2) is 0 Å². The van der Waals surface area contributed by atoms with E-state index in [1.807, 2.05) is 0 Å². The number of hydrogen-bond acceptors (Lipinski definition) is 2. The first kappa shape index (κ1) is 12.5. The Morgan fingerprint density at radius 3 is 2.78 bits per heavy atom. The first-order valence-electron chi connectivity index (χ1n) is 5.83. The molecule has 96 valence electrons. The van der Waals surface area contributed by atoms with Crippen LogP contribution in [-0.2, 0) is 16.0 Å². The van der Waals surface area contributed by atoms with Crippen molar-refractivity contribution >= 4 is 11.9 Å². The van der Waals surface area contributed by atoms with Gasteiger partial charge in [0.2, 0.25) is 5.91 Å². The molecule has 2 N–H and O–H groups in total. The number of aliphatic carboxylic acids is 1. The highest BCUT2D eigenvalue weighted by Gasteiger charge is 2.48. The Hall–Kier alpha value is -1.91. The van der Waals surface area contributed by atoms with Crippen molar-refractivity contribution in [1.82, 2.24) is 5.32 Å². The minimum Gasteiger partial charge on any atom is -0.481 e. The third-order valence-electron chi connectivity index (χ3n) is 3.05. The molecule has 4 nitrogen and oxygen atoms in total. The Labute approximate surface area is 104 Å². The fraction of sp³-hybridized carbons (Fsp3) is 0.385. The standard InChI is InChI=1S/C13H14FNO3/c14-9-3-1-2-8(6-9)4-5-15-12(16)10-7-11(10)13(17)18/h1-3,6,10-11H,4-5,7H2,(H,15,16)(H,17,18)/t10-,11+/m1/s1. The number of carboxylic acid groups (broad SMARTS) is 1. The van der Waals surface area contributed by atoms with Crippen LogP contribution in [0.1, 0.15) is 12.0 Å². The number of nitrogens with one attached hydrogen (secondary N) is 1. The molecule has 0 heterocycles. The summed E-state index contributed by atoms with van der Waals surface area (Å²) in [6.07, 6.45) is 0.953. The molecule has 1 aromatic carbocycles. The van der Waals surface area contributed by atoms with Gasteiger partial charge in [-0.05, 0) is 30.5 Å². The number of carbonyl (C=O) groups excluding carboxylic acids is 1. The Morgan fingerprint density at radius 1 is 1.39 bits per heavy atom. The van der Waals surface area contributed by atoms with Gasteiger partial charge < -0.3 is 10.4 Å². The highest BCUT2D eigenvalue weighted by Crippen LogP contribution is 2.38. The second-order valence-electron chi connectivity index (χ2n) is 4.46. The Morgan fingerprint density at radius 2 is 2.17 bits per heavy atom. The molecule has 1 aliphatic rings. The number of rotatable bonds is 5. The third kappa shape index (κ3) is 3.06. The molecule has 1 aliphatic carbocycles. The van der Waals surface area contributed by atoms with E-state index in [4.69, 9.17) is 5.11 Å². The molecule has 0 radical (unpaired) electrons. The zero-order valence-electron chi connectivity index (χ0n) is 9.73. The van der Waals surface area contributed by atoms with Crippen LogP contribution in [0, 0.1) is 17.7 Å². The number of amides is 1. The van der Waals surface area contributed by atoms with Gasteiger partial charge in [0.25, 0.3) is 0 Å². The molecule has 2 atom stereocenters. The van der Waals surface area contributed by atoms with Gasteiger partial charge in [-0.3, -0.25) is 9.59 Å². The van der Waals surface area contributed by atoms with Crippen molar-refractivity contribution in [3.63, 3.8) is 0 Å². The van der Waals surface area contributed by atoms with Crippen molar-refractivity contribution in [1.29, 1.82) is 0 Å². The highest BCUT2D eigenvalue weighted by molar-refractivity contribution is 5.89. The fourth-order valence-corrected chi connectivity index (χ4v) is 1.91. The van der Waals surface area contributed by atoms with Crippen molar-refractivity contribution in [2.24, 2.45) is 11.8 Å². The maximum atomic E-state index is 12.9. The molecule has 1 amide bonds. The van der Waals surface area contributed by atoms with Gasteiger partial charge in [-0.1, -0.05) is 12.1 Å². The minimum absolute atomic E-state index is 0.223. The van der Waals surface area contributed by atoms with E-state index < -0.39 is 17.8 Å². The molecule has 18 heavy (non-hydrogen) atoms. The third-order valence-corrected chi connectivity index (χ3v) is 3.05. The van der Waals surface area contributed by atoms with E-state index in [0.29, 0.717) is 19.4 Å². The van der Waals surface area contributed by atoms with Crippen LogP contribution in [0.5, 0.6) is 0 Å². The van der Waals surface area contributed by atoms with Gasteiger partial charge in [-0.2, -0.15) is 0 Å². The molecule has 0 spiro atoms. The molecular formula is C13H14FNO3. The first-order valence-corrected chi connectivity index (χ1v) is 5.83. The summed E-state index contributed by atoms with van der Waals surface area (Å²) in [6, 6.07) is 6.19. The number of halogens is 1. The second kappa shape index (κ2) is 5.16. The molecule has 5 heteroatoms. The summed E-state index contributed by atoms with van der Waals surface area (Å²) in [5, 5.41) is 11.4. The molecule has 0 unspecified atom stereocenters. The maximum absolute atomic E-state index is 12.9. The lowest BCUT2D eigenvalue weighted by molar-refractivity contribution is -0.140. The molecule has 1 saturated carbocycles. The first-order chi connectivity index (χ1) is 8.58. The molecule has 0 aromatic heterocycles. The summed E-state index contributed by atoms with van der Waals surface area (Å²) >= 11 is 0. The van der Waals surface area contributed by atoms with Gasteiger partial charge in [0.05, 0.1) is 11.8 Å². The molecular weight excluding hydrogens is 237 g/mol. The fourth-order valence-electron chi connectivity index (χ4n) is 1.91. The van der Waals surface area contributed by atoms with Crippen LogP contribution in [-0.4, -0.2) is 23.5 Å². The summed E-state index contributed by atoms with van der Waals surface area (Å²) in [6.45, 7) is 0.394. The lowest BCUT2D eigenvalue weighted by Gasteiger charge is -2.04. The van der Waals surface area contributed by atoms with Gasteiger partial charge in [-0.25, -0.2) is 4.39 Å². The normalized spacial score (nSPS) is 21.4. The van der Waals surface area contributed by atoms with Crippen molar-refractivity contribution in [3.05, 3.63) is 35.6 Å². The van der Waals surface area contributed by atoms with Gasteiger partial charge in [0.1, 0.15) is 5.82 Å². The minimum atomic E-state index is -0.916. The molecule has 1 fully saturated rings. The summed E-state index contributed by atoms with van der Waals surface area (Å²) in [7, 11) is 0. The van der Waals surface area contributed by atoms with Crippen molar-refractivity contribution < 1.29 is 19.1 Å². The second-order valence-corrected chi connectivity index (χ2v) is 4.46. The molecule has 0 bridgehead atoms. The summed E-state index contributed by atoms with van der Waals surface area (Å²) in [5.41, 5.74) is 0.806. The van der Waals surface area contributed by atoms with Crippen molar-refractivity contribution in [2.75, 3.05) is 6.54 Å². The maximum Gasteiger partial charge on any atom is 0.307 e. The number of hydrogen-bond donors (Lipinski definition) is 2. The van der Waals surface area contributed by atoms with Crippen molar-refractivity contribution in [2.45, 2.75) is 12.8 Å². The summed E-state index contributed by atoms with van der Waals surface area (Å²) in [4.78, 5) is 22.1. The smallest absolute Gasteiger partial charge is 0.307 e. The highest BCUT2D eigenvalue weighted by atomic mass is 19.1. The summed E-state index contributed by atoms with van der Waals surface area (Å²) in [5.74, 6) is -2.36. The van der Waals surface area contributed by atoms with Crippen LogP contribution in [0.3, 0.4) is 0 Å². The largest absolute Gasteiger partial charge is 0.481 e. The Bertz CT molecular complexity index is 475. The average molecular weight is 251 g/mol. The van der Waals surface area contributed by atoms with Crippen molar-refractivity contribution in [3.8, 4) is 0 Å². The molecule has 2 rings (SSSR count). The van der Waals surface area contributed by atoms with E-state index in [-0.39, 0.29) is 11.7 Å². The quantitative estimate of drug-likeness (QED) is 0.826. The van der Waals surface area contributed by atoms with E-state index in [1.54, 1.807) is 12.1 Å². The number of carboxylic acids is 1. The monoisotopic (exact) mass is 251 g/mol. The molecule has 1 aromatic rings. The number of carbonyl (C=O) groups is 2. The van der Waals surface area contributed by atoms with Crippen LogP contribution in [0.2, 0.25) is 0 Å². The van der Waals surface area contributed by atoms with Gasteiger partial charge in [0, 0.05) is 6.54 Å². The molecule has 0 aliphatic heterocycles. The average Bonchev–Trinajstić information content (AvgIpc) is 3.09.